The van der Waals surface area contributed by atoms with E-state index in [1.54, 1.807) is 50.2 Å². The molecule has 3 aromatic rings. The van der Waals surface area contributed by atoms with Crippen LogP contribution < -0.4 is 9.62 Å². The molecular formula is C28H33N3O4S. The molecule has 2 amide bonds. The van der Waals surface area contributed by atoms with Gasteiger partial charge in [-0.25, -0.2) is 8.42 Å². The van der Waals surface area contributed by atoms with E-state index in [1.165, 1.54) is 17.0 Å². The lowest BCUT2D eigenvalue weighted by molar-refractivity contribution is -0.139. The first-order valence-corrected chi connectivity index (χ1v) is 13.3. The van der Waals surface area contributed by atoms with Crippen LogP contribution in [0.15, 0.2) is 83.8 Å². The molecule has 3 rings (SSSR count). The molecule has 1 atom stereocenters. The van der Waals surface area contributed by atoms with Crippen LogP contribution in [0.1, 0.15) is 30.5 Å². The Morgan fingerprint density at radius 1 is 0.917 bits per heavy atom. The second kappa shape index (κ2) is 11.9. The summed E-state index contributed by atoms with van der Waals surface area (Å²) in [6.07, 6.45) is 0. The molecule has 8 heteroatoms. The van der Waals surface area contributed by atoms with E-state index in [-0.39, 0.29) is 17.3 Å². The number of rotatable bonds is 10. The zero-order valence-corrected chi connectivity index (χ0v) is 22.0. The van der Waals surface area contributed by atoms with Gasteiger partial charge < -0.3 is 10.2 Å². The summed E-state index contributed by atoms with van der Waals surface area (Å²) in [7, 11) is -4.06. The molecule has 0 spiro atoms. The third-order valence-electron chi connectivity index (χ3n) is 5.95. The number of anilines is 1. The minimum absolute atomic E-state index is 0.0862. The van der Waals surface area contributed by atoms with Gasteiger partial charge in [-0.05, 0) is 57.0 Å². The molecule has 0 heterocycles. The maximum absolute atomic E-state index is 13.8. The molecule has 0 unspecified atom stereocenters. The number of amides is 2. The zero-order valence-electron chi connectivity index (χ0n) is 21.1. The first kappa shape index (κ1) is 26.9. The monoisotopic (exact) mass is 507 g/mol. The van der Waals surface area contributed by atoms with Crippen LogP contribution >= 0.6 is 0 Å². The molecular weight excluding hydrogens is 474 g/mol. The highest BCUT2D eigenvalue weighted by Crippen LogP contribution is 2.27. The second-order valence-electron chi connectivity index (χ2n) is 8.69. The summed E-state index contributed by atoms with van der Waals surface area (Å²) in [5.41, 5.74) is 3.01. The van der Waals surface area contributed by atoms with E-state index < -0.39 is 28.5 Å². The van der Waals surface area contributed by atoms with Crippen LogP contribution in [0.5, 0.6) is 0 Å². The van der Waals surface area contributed by atoms with Gasteiger partial charge in [0, 0.05) is 13.1 Å². The Morgan fingerprint density at radius 3 is 2.22 bits per heavy atom. The molecule has 0 aliphatic carbocycles. The van der Waals surface area contributed by atoms with Crippen molar-refractivity contribution in [2.24, 2.45) is 0 Å². The van der Waals surface area contributed by atoms with Gasteiger partial charge in [0.05, 0.1) is 10.6 Å². The van der Waals surface area contributed by atoms with Crippen molar-refractivity contribution in [3.05, 3.63) is 95.6 Å². The summed E-state index contributed by atoms with van der Waals surface area (Å²) in [5.74, 6) is -0.773. The van der Waals surface area contributed by atoms with Gasteiger partial charge in [0.1, 0.15) is 12.6 Å². The number of nitrogens with one attached hydrogen (secondary N) is 1. The van der Waals surface area contributed by atoms with Crippen molar-refractivity contribution in [2.75, 3.05) is 17.4 Å². The van der Waals surface area contributed by atoms with Crippen LogP contribution in [0.2, 0.25) is 0 Å². The Balaban J connectivity index is 2.03. The van der Waals surface area contributed by atoms with E-state index in [2.05, 4.69) is 5.32 Å². The fraction of sp³-hybridized carbons (Fsp3) is 0.286. The Hall–Kier alpha value is -3.65. The fourth-order valence-corrected chi connectivity index (χ4v) is 5.49. The number of hydrogen-bond acceptors (Lipinski definition) is 4. The number of carbonyl (C=O) groups is 2. The highest BCUT2D eigenvalue weighted by Gasteiger charge is 2.32. The first-order valence-electron chi connectivity index (χ1n) is 11.9. The second-order valence-corrected chi connectivity index (χ2v) is 10.6. The third-order valence-corrected chi connectivity index (χ3v) is 7.72. The molecule has 3 aromatic carbocycles. The number of nitrogens with zero attached hydrogens (tertiary/aromatic N) is 2. The lowest BCUT2D eigenvalue weighted by Gasteiger charge is -2.32. The molecule has 0 saturated carbocycles. The number of hydrogen-bond donors (Lipinski definition) is 1. The van der Waals surface area contributed by atoms with Crippen LogP contribution in [0, 0.1) is 13.8 Å². The van der Waals surface area contributed by atoms with Crippen LogP contribution in [0.3, 0.4) is 0 Å². The summed E-state index contributed by atoms with van der Waals surface area (Å²) >= 11 is 0. The quantitative estimate of drug-likeness (QED) is 0.449. The predicted octanol–water partition coefficient (Wildman–Crippen LogP) is 4.05. The van der Waals surface area contributed by atoms with Gasteiger partial charge in [-0.15, -0.1) is 0 Å². The maximum Gasteiger partial charge on any atom is 0.264 e. The van der Waals surface area contributed by atoms with Gasteiger partial charge in [-0.3, -0.25) is 13.9 Å². The zero-order chi connectivity index (χ0) is 26.3. The SMILES string of the molecule is CCNC(=O)[C@@H](C)N(Cc1cccc(C)c1)C(=O)CN(c1ccccc1C)S(=O)(=O)c1ccccc1. The molecule has 0 fully saturated rings. The normalized spacial score (nSPS) is 12.0. The average Bonchev–Trinajstić information content (AvgIpc) is 2.86. The summed E-state index contributed by atoms with van der Waals surface area (Å²) in [5, 5.41) is 2.76. The molecule has 0 aromatic heterocycles. The van der Waals surface area contributed by atoms with Gasteiger partial charge in [0.15, 0.2) is 0 Å². The number of benzene rings is 3. The Morgan fingerprint density at radius 2 is 1.58 bits per heavy atom. The van der Waals surface area contributed by atoms with Crippen molar-refractivity contribution in [1.82, 2.24) is 10.2 Å². The number of aryl methyl sites for hydroxylation is 2. The molecule has 0 bridgehead atoms. The van der Waals surface area contributed by atoms with Crippen molar-refractivity contribution < 1.29 is 18.0 Å². The lowest BCUT2D eigenvalue weighted by Crippen LogP contribution is -2.51. The topological polar surface area (TPSA) is 86.8 Å². The van der Waals surface area contributed by atoms with Crippen LogP contribution in [0.4, 0.5) is 5.69 Å². The largest absolute Gasteiger partial charge is 0.355 e. The number of para-hydroxylation sites is 1. The highest BCUT2D eigenvalue weighted by atomic mass is 32.2. The Bertz CT molecular complexity index is 1310. The summed E-state index contributed by atoms with van der Waals surface area (Å²) < 4.78 is 28.6. The van der Waals surface area contributed by atoms with Gasteiger partial charge in [-0.1, -0.05) is 66.2 Å². The van der Waals surface area contributed by atoms with Gasteiger partial charge in [0.25, 0.3) is 10.0 Å². The molecule has 7 nitrogen and oxygen atoms in total. The molecule has 36 heavy (non-hydrogen) atoms. The third kappa shape index (κ3) is 6.31. The number of carbonyl (C=O) groups excluding carboxylic acids is 2. The van der Waals surface area contributed by atoms with Crippen molar-refractivity contribution in [3.8, 4) is 0 Å². The van der Waals surface area contributed by atoms with Gasteiger partial charge in [-0.2, -0.15) is 0 Å². The summed E-state index contributed by atoms with van der Waals surface area (Å²) in [6, 6.07) is 22.0. The Kier molecular flexibility index (Phi) is 8.88. The molecule has 0 aliphatic heterocycles. The minimum Gasteiger partial charge on any atom is -0.355 e. The molecule has 0 saturated heterocycles. The Labute approximate surface area is 213 Å². The number of likely N-dealkylation sites (N-methyl/N-ethyl adjacent to an activating group) is 1. The van der Waals surface area contributed by atoms with E-state index >= 15 is 0 Å². The molecule has 190 valence electrons. The summed E-state index contributed by atoms with van der Waals surface area (Å²) in [4.78, 5) is 28.1. The van der Waals surface area contributed by atoms with Gasteiger partial charge >= 0.3 is 0 Å². The summed E-state index contributed by atoms with van der Waals surface area (Å²) in [6.45, 7) is 7.37. The molecule has 0 aliphatic rings. The lowest BCUT2D eigenvalue weighted by atomic mass is 10.1. The smallest absolute Gasteiger partial charge is 0.264 e. The fourth-order valence-electron chi connectivity index (χ4n) is 3.99. The van der Waals surface area contributed by atoms with Crippen molar-refractivity contribution in [2.45, 2.75) is 45.2 Å². The van der Waals surface area contributed by atoms with Crippen molar-refractivity contribution in [1.29, 1.82) is 0 Å². The highest BCUT2D eigenvalue weighted by molar-refractivity contribution is 7.92. The van der Waals surface area contributed by atoms with Crippen LogP contribution in [-0.2, 0) is 26.2 Å². The van der Waals surface area contributed by atoms with Crippen molar-refractivity contribution in [3.63, 3.8) is 0 Å². The first-order chi connectivity index (χ1) is 17.1. The van der Waals surface area contributed by atoms with E-state index in [4.69, 9.17) is 0 Å². The molecule has 0 radical (unpaired) electrons. The van der Waals surface area contributed by atoms with Crippen molar-refractivity contribution >= 4 is 27.5 Å². The van der Waals surface area contributed by atoms with E-state index in [1.807, 2.05) is 44.2 Å². The van der Waals surface area contributed by atoms with E-state index in [0.29, 0.717) is 17.8 Å². The van der Waals surface area contributed by atoms with Gasteiger partial charge in [0.2, 0.25) is 11.8 Å². The average molecular weight is 508 g/mol. The number of sulfonamides is 1. The predicted molar refractivity (Wildman–Crippen MR) is 142 cm³/mol. The van der Waals surface area contributed by atoms with Crippen LogP contribution in [0.25, 0.3) is 0 Å². The minimum atomic E-state index is -4.06. The molecule has 1 N–H and O–H groups in total. The van der Waals surface area contributed by atoms with E-state index in [9.17, 15) is 18.0 Å². The standard InChI is InChI=1S/C28H33N3O4S/c1-5-29-28(33)23(4)30(19-24-14-11-12-21(2)18-24)27(32)20-31(26-17-10-9-13-22(26)3)36(34,35)25-15-7-6-8-16-25/h6-18,23H,5,19-20H2,1-4H3,(H,29,33)/t23-/m1/s1. The maximum atomic E-state index is 13.8. The van der Waals surface area contributed by atoms with E-state index in [0.717, 1.165) is 15.4 Å². The van der Waals surface area contributed by atoms with Crippen LogP contribution in [-0.4, -0.2) is 44.3 Å².